The zero-order valence-electron chi connectivity index (χ0n) is 9.50. The van der Waals surface area contributed by atoms with E-state index in [0.29, 0.717) is 22.8 Å². The second-order valence-electron chi connectivity index (χ2n) is 3.88. The number of nitrogens with one attached hydrogen (secondary N) is 1. The molecule has 2 rings (SSSR count). The van der Waals surface area contributed by atoms with Gasteiger partial charge in [0, 0.05) is 6.54 Å². The van der Waals surface area contributed by atoms with Crippen LogP contribution in [-0.2, 0) is 4.79 Å². The van der Waals surface area contributed by atoms with E-state index in [1.54, 1.807) is 18.2 Å². The molecule has 1 aromatic rings. The van der Waals surface area contributed by atoms with Crippen molar-refractivity contribution in [1.82, 2.24) is 5.32 Å². The van der Waals surface area contributed by atoms with E-state index in [1.807, 2.05) is 7.05 Å². The van der Waals surface area contributed by atoms with Gasteiger partial charge in [0.1, 0.15) is 0 Å². The SMILES string of the molecule is CNCCCN1C(=O)C(=O)c2c(Cl)cccc21. The van der Waals surface area contributed by atoms with Crippen LogP contribution in [0.4, 0.5) is 5.69 Å². The first kappa shape index (κ1) is 12.1. The van der Waals surface area contributed by atoms with E-state index in [-0.39, 0.29) is 0 Å². The Balaban J connectivity index is 2.29. The number of ketones is 1. The summed E-state index contributed by atoms with van der Waals surface area (Å²) >= 11 is 5.94. The Kier molecular flexibility index (Phi) is 3.45. The summed E-state index contributed by atoms with van der Waals surface area (Å²) in [6, 6.07) is 5.13. The third-order valence-corrected chi connectivity index (χ3v) is 3.07. The van der Waals surface area contributed by atoms with Gasteiger partial charge in [-0.25, -0.2) is 0 Å². The molecule has 0 spiro atoms. The van der Waals surface area contributed by atoms with Gasteiger partial charge in [0.25, 0.3) is 11.7 Å². The molecule has 1 heterocycles. The first-order valence-electron chi connectivity index (χ1n) is 5.46. The Hall–Kier alpha value is -1.39. The topological polar surface area (TPSA) is 49.4 Å². The Morgan fingerprint density at radius 1 is 1.35 bits per heavy atom. The number of carbonyl (C=O) groups excluding carboxylic acids is 2. The maximum atomic E-state index is 11.8. The molecule has 90 valence electrons. The number of nitrogens with zero attached hydrogens (tertiary/aromatic N) is 1. The molecular weight excluding hydrogens is 240 g/mol. The minimum absolute atomic E-state index is 0.337. The average Bonchev–Trinajstić information content (AvgIpc) is 2.55. The molecule has 1 N–H and O–H groups in total. The first-order chi connectivity index (χ1) is 8.16. The summed E-state index contributed by atoms with van der Waals surface area (Å²) in [5, 5.41) is 3.35. The zero-order valence-corrected chi connectivity index (χ0v) is 10.3. The number of hydrogen-bond donors (Lipinski definition) is 1. The van der Waals surface area contributed by atoms with E-state index < -0.39 is 11.7 Å². The molecule has 0 radical (unpaired) electrons. The third-order valence-electron chi connectivity index (χ3n) is 2.76. The number of fused-ring (bicyclic) bond motifs is 1. The van der Waals surface area contributed by atoms with Crippen LogP contribution >= 0.6 is 11.6 Å². The lowest BCUT2D eigenvalue weighted by Gasteiger charge is -2.16. The molecule has 0 aliphatic carbocycles. The van der Waals surface area contributed by atoms with Crippen LogP contribution in [-0.4, -0.2) is 31.8 Å². The van der Waals surface area contributed by atoms with Gasteiger partial charge >= 0.3 is 0 Å². The van der Waals surface area contributed by atoms with Crippen LogP contribution < -0.4 is 10.2 Å². The summed E-state index contributed by atoms with van der Waals surface area (Å²) in [5.74, 6) is -0.987. The fraction of sp³-hybridized carbons (Fsp3) is 0.333. The molecule has 0 aromatic heterocycles. The van der Waals surface area contributed by atoms with Crippen LogP contribution in [0.5, 0.6) is 0 Å². The molecule has 0 bridgehead atoms. The van der Waals surface area contributed by atoms with Gasteiger partial charge in [-0.05, 0) is 32.1 Å². The molecule has 0 fully saturated rings. The predicted octanol–water partition coefficient (Wildman–Crippen LogP) is 1.48. The number of halogens is 1. The van der Waals surface area contributed by atoms with Crippen molar-refractivity contribution in [3.63, 3.8) is 0 Å². The maximum absolute atomic E-state index is 11.8. The van der Waals surface area contributed by atoms with Crippen LogP contribution in [0.25, 0.3) is 0 Å². The summed E-state index contributed by atoms with van der Waals surface area (Å²) in [4.78, 5) is 25.1. The van der Waals surface area contributed by atoms with Gasteiger partial charge in [0.15, 0.2) is 0 Å². The van der Waals surface area contributed by atoms with E-state index in [4.69, 9.17) is 11.6 Å². The van der Waals surface area contributed by atoms with E-state index in [1.165, 1.54) is 4.90 Å². The summed E-state index contributed by atoms with van der Waals surface area (Å²) in [6.07, 6.45) is 0.793. The van der Waals surface area contributed by atoms with Crippen molar-refractivity contribution in [3.8, 4) is 0 Å². The Morgan fingerprint density at radius 2 is 2.12 bits per heavy atom. The maximum Gasteiger partial charge on any atom is 0.299 e. The molecule has 1 aliphatic heterocycles. The largest absolute Gasteiger partial charge is 0.320 e. The smallest absolute Gasteiger partial charge is 0.299 e. The molecule has 4 nitrogen and oxygen atoms in total. The van der Waals surface area contributed by atoms with E-state index in [0.717, 1.165) is 13.0 Å². The van der Waals surface area contributed by atoms with Crippen molar-refractivity contribution >= 4 is 29.0 Å². The van der Waals surface area contributed by atoms with Gasteiger partial charge in [-0.2, -0.15) is 0 Å². The Labute approximate surface area is 105 Å². The van der Waals surface area contributed by atoms with Gasteiger partial charge in [-0.15, -0.1) is 0 Å². The van der Waals surface area contributed by atoms with Crippen molar-refractivity contribution in [2.75, 3.05) is 25.0 Å². The summed E-state index contributed by atoms with van der Waals surface area (Å²) in [6.45, 7) is 1.33. The molecule has 17 heavy (non-hydrogen) atoms. The van der Waals surface area contributed by atoms with Crippen LogP contribution in [0, 0.1) is 0 Å². The number of Topliss-reactive ketones (excluding diaryl/α,β-unsaturated/α-hetero) is 1. The number of amides is 1. The molecule has 5 heteroatoms. The summed E-state index contributed by atoms with van der Waals surface area (Å²) in [7, 11) is 1.85. The average molecular weight is 253 g/mol. The number of carbonyl (C=O) groups is 2. The van der Waals surface area contributed by atoms with Crippen LogP contribution in [0.3, 0.4) is 0 Å². The number of anilines is 1. The highest BCUT2D eigenvalue weighted by atomic mass is 35.5. The van der Waals surface area contributed by atoms with Crippen molar-refractivity contribution in [1.29, 1.82) is 0 Å². The number of rotatable bonds is 4. The predicted molar refractivity (Wildman–Crippen MR) is 66.7 cm³/mol. The molecule has 0 atom stereocenters. The zero-order chi connectivity index (χ0) is 12.4. The van der Waals surface area contributed by atoms with E-state index >= 15 is 0 Å². The summed E-state index contributed by atoms with van der Waals surface area (Å²) in [5.41, 5.74) is 0.965. The Morgan fingerprint density at radius 3 is 2.82 bits per heavy atom. The highest BCUT2D eigenvalue weighted by Crippen LogP contribution is 2.33. The number of hydrogen-bond acceptors (Lipinski definition) is 3. The molecule has 1 aromatic carbocycles. The van der Waals surface area contributed by atoms with Crippen molar-refractivity contribution in [2.24, 2.45) is 0 Å². The van der Waals surface area contributed by atoms with Gasteiger partial charge in [-0.1, -0.05) is 17.7 Å². The lowest BCUT2D eigenvalue weighted by molar-refractivity contribution is -0.114. The normalized spacial score (nSPS) is 14.4. The number of benzene rings is 1. The fourth-order valence-electron chi connectivity index (χ4n) is 1.94. The monoisotopic (exact) mass is 252 g/mol. The lowest BCUT2D eigenvalue weighted by atomic mass is 10.1. The standard InChI is InChI=1S/C12H13ClN2O2/c1-14-6-3-7-15-9-5-2-4-8(13)10(9)11(16)12(15)17/h2,4-5,14H,3,6-7H2,1H3. The van der Waals surface area contributed by atoms with E-state index in [2.05, 4.69) is 5.32 Å². The second-order valence-corrected chi connectivity index (χ2v) is 4.28. The van der Waals surface area contributed by atoms with Crippen LogP contribution in [0.15, 0.2) is 18.2 Å². The van der Waals surface area contributed by atoms with Crippen LogP contribution in [0.1, 0.15) is 16.8 Å². The van der Waals surface area contributed by atoms with Gasteiger partial charge in [0.05, 0.1) is 16.3 Å². The molecule has 1 aliphatic rings. The van der Waals surface area contributed by atoms with Gasteiger partial charge in [0.2, 0.25) is 0 Å². The highest BCUT2D eigenvalue weighted by Gasteiger charge is 2.36. The molecule has 1 amide bonds. The minimum atomic E-state index is -0.505. The first-order valence-corrected chi connectivity index (χ1v) is 5.84. The molecule has 0 unspecified atom stereocenters. The molecule has 0 saturated carbocycles. The quantitative estimate of drug-likeness (QED) is 0.652. The van der Waals surface area contributed by atoms with Crippen molar-refractivity contribution in [2.45, 2.75) is 6.42 Å². The van der Waals surface area contributed by atoms with Crippen molar-refractivity contribution < 1.29 is 9.59 Å². The van der Waals surface area contributed by atoms with Gasteiger partial charge in [-0.3, -0.25) is 9.59 Å². The highest BCUT2D eigenvalue weighted by molar-refractivity contribution is 6.55. The Bertz CT molecular complexity index is 474. The third kappa shape index (κ3) is 2.06. The lowest BCUT2D eigenvalue weighted by Crippen LogP contribution is -2.32. The van der Waals surface area contributed by atoms with Crippen LogP contribution in [0.2, 0.25) is 5.02 Å². The fourth-order valence-corrected chi connectivity index (χ4v) is 2.19. The molecule has 0 saturated heterocycles. The minimum Gasteiger partial charge on any atom is -0.320 e. The van der Waals surface area contributed by atoms with Crippen molar-refractivity contribution in [3.05, 3.63) is 28.8 Å². The second kappa shape index (κ2) is 4.85. The van der Waals surface area contributed by atoms with E-state index in [9.17, 15) is 9.59 Å². The summed E-state index contributed by atoms with van der Waals surface area (Å²) < 4.78 is 0. The molecular formula is C12H13ClN2O2. The van der Waals surface area contributed by atoms with Gasteiger partial charge < -0.3 is 10.2 Å².